The summed E-state index contributed by atoms with van der Waals surface area (Å²) < 4.78 is 0. The van der Waals surface area contributed by atoms with Gasteiger partial charge in [0.15, 0.2) is 0 Å². The van der Waals surface area contributed by atoms with Crippen LogP contribution in [-0.4, -0.2) is 30.3 Å². The summed E-state index contributed by atoms with van der Waals surface area (Å²) in [5.41, 5.74) is 8.06. The molecule has 2 N–H and O–H groups in total. The predicted molar refractivity (Wildman–Crippen MR) is 74.8 cm³/mol. The molecule has 0 saturated carbocycles. The predicted octanol–water partition coefficient (Wildman–Crippen LogP) is 2.84. The highest BCUT2D eigenvalue weighted by molar-refractivity contribution is 7.98. The van der Waals surface area contributed by atoms with Gasteiger partial charge in [0.25, 0.3) is 0 Å². The third-order valence-electron chi connectivity index (χ3n) is 2.76. The van der Waals surface area contributed by atoms with Gasteiger partial charge in [-0.05, 0) is 24.7 Å². The lowest BCUT2D eigenvalue weighted by atomic mass is 10.2. The number of benzene rings is 1. The molecule has 0 unspecified atom stereocenters. The lowest BCUT2D eigenvalue weighted by molar-refractivity contribution is 0.324. The third-order valence-corrected chi connectivity index (χ3v) is 3.75. The first-order valence-corrected chi connectivity index (χ1v) is 7.06. The van der Waals surface area contributed by atoms with Crippen molar-refractivity contribution in [3.05, 3.63) is 29.8 Å². The highest BCUT2D eigenvalue weighted by atomic mass is 32.2. The van der Waals surface area contributed by atoms with Crippen LogP contribution in [0.3, 0.4) is 0 Å². The molecule has 16 heavy (non-hydrogen) atoms. The van der Waals surface area contributed by atoms with Crippen molar-refractivity contribution in [3.8, 4) is 0 Å². The Morgan fingerprint density at radius 2 is 1.88 bits per heavy atom. The number of rotatable bonds is 7. The van der Waals surface area contributed by atoms with Crippen molar-refractivity contribution in [1.82, 2.24) is 4.90 Å². The smallest absolute Gasteiger partial charge is 0.0355 e. The average Bonchev–Trinajstić information content (AvgIpc) is 2.31. The minimum atomic E-state index is 0.915. The van der Waals surface area contributed by atoms with E-state index in [0.29, 0.717) is 0 Å². The normalized spacial score (nSPS) is 10.9. The number of nitrogens with two attached hydrogens (primary N) is 1. The van der Waals surface area contributed by atoms with E-state index in [1.165, 1.54) is 17.9 Å². The monoisotopic (exact) mass is 238 g/mol. The molecule has 0 radical (unpaired) electrons. The van der Waals surface area contributed by atoms with Gasteiger partial charge >= 0.3 is 0 Å². The van der Waals surface area contributed by atoms with Gasteiger partial charge in [-0.2, -0.15) is 11.8 Å². The topological polar surface area (TPSA) is 29.3 Å². The summed E-state index contributed by atoms with van der Waals surface area (Å²) in [6.45, 7) is 7.88. The number of nitrogens with zero attached hydrogens (tertiary/aromatic N) is 1. The molecule has 1 aromatic carbocycles. The van der Waals surface area contributed by atoms with Gasteiger partial charge in [0.2, 0.25) is 0 Å². The highest BCUT2D eigenvalue weighted by Gasteiger charge is 2.00. The molecule has 0 saturated heterocycles. The maximum absolute atomic E-state index is 5.89. The van der Waals surface area contributed by atoms with Crippen LogP contribution in [0.25, 0.3) is 0 Å². The van der Waals surface area contributed by atoms with Gasteiger partial charge in [-0.1, -0.05) is 32.0 Å². The van der Waals surface area contributed by atoms with Crippen LogP contribution in [0.2, 0.25) is 0 Å². The van der Waals surface area contributed by atoms with E-state index in [-0.39, 0.29) is 0 Å². The molecule has 0 aromatic heterocycles. The van der Waals surface area contributed by atoms with Crippen LogP contribution in [0.15, 0.2) is 24.3 Å². The van der Waals surface area contributed by atoms with Crippen molar-refractivity contribution < 1.29 is 0 Å². The zero-order valence-electron chi connectivity index (χ0n) is 10.3. The molecule has 0 spiro atoms. The molecule has 0 amide bonds. The molecule has 3 heteroatoms. The Kier molecular flexibility index (Phi) is 6.34. The Morgan fingerprint density at radius 3 is 2.50 bits per heavy atom. The largest absolute Gasteiger partial charge is 0.398 e. The van der Waals surface area contributed by atoms with Gasteiger partial charge < -0.3 is 10.6 Å². The summed E-state index contributed by atoms with van der Waals surface area (Å²) in [5, 5.41) is 0. The SMILES string of the molecule is CCN(CC)CCSCc1ccccc1N. The van der Waals surface area contributed by atoms with E-state index >= 15 is 0 Å². The fourth-order valence-electron chi connectivity index (χ4n) is 1.58. The van der Waals surface area contributed by atoms with Crippen molar-refractivity contribution in [2.24, 2.45) is 0 Å². The van der Waals surface area contributed by atoms with E-state index < -0.39 is 0 Å². The van der Waals surface area contributed by atoms with Crippen LogP contribution in [0, 0.1) is 0 Å². The number of nitrogen functional groups attached to an aromatic ring is 1. The van der Waals surface area contributed by atoms with Crippen molar-refractivity contribution in [1.29, 1.82) is 0 Å². The summed E-state index contributed by atoms with van der Waals surface area (Å²) in [6, 6.07) is 8.12. The highest BCUT2D eigenvalue weighted by Crippen LogP contribution is 2.17. The Balaban J connectivity index is 2.23. The van der Waals surface area contributed by atoms with E-state index in [4.69, 9.17) is 5.73 Å². The Labute approximate surface area is 103 Å². The Morgan fingerprint density at radius 1 is 1.19 bits per heavy atom. The second-order valence-electron chi connectivity index (χ2n) is 3.78. The standard InChI is InChI=1S/C13H22N2S/c1-3-15(4-2)9-10-16-11-12-7-5-6-8-13(12)14/h5-8H,3-4,9-11,14H2,1-2H3. The first kappa shape index (κ1) is 13.4. The second kappa shape index (κ2) is 7.58. The summed E-state index contributed by atoms with van der Waals surface area (Å²) in [6.07, 6.45) is 0. The van der Waals surface area contributed by atoms with Crippen LogP contribution in [0.4, 0.5) is 5.69 Å². The maximum atomic E-state index is 5.89. The molecule has 90 valence electrons. The summed E-state index contributed by atoms with van der Waals surface area (Å²) in [7, 11) is 0. The van der Waals surface area contributed by atoms with Gasteiger partial charge in [-0.25, -0.2) is 0 Å². The third kappa shape index (κ3) is 4.45. The molecule has 0 aliphatic heterocycles. The first-order valence-electron chi connectivity index (χ1n) is 5.91. The fraction of sp³-hybridized carbons (Fsp3) is 0.538. The van der Waals surface area contributed by atoms with Gasteiger partial charge in [0, 0.05) is 23.7 Å². The zero-order chi connectivity index (χ0) is 11.8. The van der Waals surface area contributed by atoms with Crippen molar-refractivity contribution in [2.45, 2.75) is 19.6 Å². The Bertz CT molecular complexity index is 298. The van der Waals surface area contributed by atoms with Crippen LogP contribution in [-0.2, 0) is 5.75 Å². The zero-order valence-corrected chi connectivity index (χ0v) is 11.1. The molecular formula is C13H22N2S. The van der Waals surface area contributed by atoms with Crippen molar-refractivity contribution >= 4 is 17.4 Å². The number of hydrogen-bond donors (Lipinski definition) is 1. The minimum absolute atomic E-state index is 0.915. The molecule has 0 aliphatic carbocycles. The number of thioether (sulfide) groups is 1. The number of hydrogen-bond acceptors (Lipinski definition) is 3. The molecule has 0 bridgehead atoms. The molecule has 2 nitrogen and oxygen atoms in total. The van der Waals surface area contributed by atoms with Crippen LogP contribution < -0.4 is 5.73 Å². The molecule has 1 rings (SSSR count). The molecule has 0 aliphatic rings. The number of para-hydroxylation sites is 1. The van der Waals surface area contributed by atoms with E-state index in [1.807, 2.05) is 23.9 Å². The summed E-state index contributed by atoms with van der Waals surface area (Å²) in [5.74, 6) is 2.20. The van der Waals surface area contributed by atoms with Crippen LogP contribution >= 0.6 is 11.8 Å². The molecule has 0 fully saturated rings. The summed E-state index contributed by atoms with van der Waals surface area (Å²) >= 11 is 1.96. The molecule has 0 atom stereocenters. The van der Waals surface area contributed by atoms with Crippen molar-refractivity contribution in [2.75, 3.05) is 31.1 Å². The van der Waals surface area contributed by atoms with Gasteiger partial charge in [0.05, 0.1) is 0 Å². The fourth-order valence-corrected chi connectivity index (χ4v) is 2.60. The van der Waals surface area contributed by atoms with Crippen LogP contribution in [0.1, 0.15) is 19.4 Å². The van der Waals surface area contributed by atoms with E-state index in [2.05, 4.69) is 30.9 Å². The summed E-state index contributed by atoms with van der Waals surface area (Å²) in [4.78, 5) is 2.45. The lowest BCUT2D eigenvalue weighted by Gasteiger charge is -2.17. The molecule has 0 heterocycles. The van der Waals surface area contributed by atoms with E-state index in [0.717, 1.165) is 24.5 Å². The van der Waals surface area contributed by atoms with Gasteiger partial charge in [0.1, 0.15) is 0 Å². The lowest BCUT2D eigenvalue weighted by Crippen LogP contribution is -2.25. The number of anilines is 1. The molecular weight excluding hydrogens is 216 g/mol. The van der Waals surface area contributed by atoms with Gasteiger partial charge in [-0.3, -0.25) is 0 Å². The average molecular weight is 238 g/mol. The maximum Gasteiger partial charge on any atom is 0.0355 e. The van der Waals surface area contributed by atoms with E-state index in [1.54, 1.807) is 0 Å². The minimum Gasteiger partial charge on any atom is -0.398 e. The van der Waals surface area contributed by atoms with E-state index in [9.17, 15) is 0 Å². The molecule has 1 aromatic rings. The van der Waals surface area contributed by atoms with Crippen molar-refractivity contribution in [3.63, 3.8) is 0 Å². The quantitative estimate of drug-likeness (QED) is 0.585. The first-order chi connectivity index (χ1) is 7.77. The van der Waals surface area contributed by atoms with Gasteiger partial charge in [-0.15, -0.1) is 0 Å². The second-order valence-corrected chi connectivity index (χ2v) is 4.88. The Hall–Kier alpha value is -0.670. The van der Waals surface area contributed by atoms with Crippen LogP contribution in [0.5, 0.6) is 0 Å².